The first-order chi connectivity index (χ1) is 10.3. The highest BCUT2D eigenvalue weighted by molar-refractivity contribution is 7.86. The topological polar surface area (TPSA) is 55.7 Å². The Labute approximate surface area is 127 Å². The molecule has 4 nitrogen and oxygen atoms in total. The largest absolute Gasteiger partial charge is 0.358 e. The molecule has 0 aliphatic rings. The second kappa shape index (κ2) is 6.23. The average Bonchev–Trinajstić information content (AvgIpc) is 2.48. The Morgan fingerprint density at radius 2 is 1.68 bits per heavy atom. The van der Waals surface area contributed by atoms with E-state index in [1.54, 1.807) is 12.1 Å². The number of hydrogen-bond donors (Lipinski definition) is 0. The molecular weight excluding hydrogens is 312 g/mol. The van der Waals surface area contributed by atoms with Crippen LogP contribution in [0.2, 0.25) is 0 Å². The second-order valence-electron chi connectivity index (χ2n) is 4.65. The number of nitrogens with zero attached hydrogens (tertiary/aromatic N) is 1. The van der Waals surface area contributed by atoms with E-state index in [0.29, 0.717) is 0 Å². The summed E-state index contributed by atoms with van der Waals surface area (Å²) < 4.78 is 54.4. The Bertz CT molecular complexity index is 815. The zero-order valence-corrected chi connectivity index (χ0v) is 12.7. The van der Waals surface area contributed by atoms with Gasteiger partial charge < -0.3 is 0 Å². The molecule has 0 amide bonds. The van der Waals surface area contributed by atoms with E-state index in [0.717, 1.165) is 17.7 Å². The van der Waals surface area contributed by atoms with Crippen LogP contribution in [0, 0.1) is 18.6 Å². The fourth-order valence-electron chi connectivity index (χ4n) is 1.63. The molecular formula is C15H13F2NO3S. The zero-order chi connectivity index (χ0) is 16.3. The molecule has 0 heterocycles. The van der Waals surface area contributed by atoms with Crippen molar-refractivity contribution in [2.24, 2.45) is 5.16 Å². The van der Waals surface area contributed by atoms with E-state index in [2.05, 4.69) is 9.44 Å². The maximum atomic E-state index is 13.1. The monoisotopic (exact) mass is 325 g/mol. The third kappa shape index (κ3) is 3.67. The van der Waals surface area contributed by atoms with Crippen LogP contribution in [0.25, 0.3) is 0 Å². The maximum absolute atomic E-state index is 13.1. The van der Waals surface area contributed by atoms with Gasteiger partial charge in [-0.1, -0.05) is 22.9 Å². The van der Waals surface area contributed by atoms with Crippen molar-refractivity contribution in [1.29, 1.82) is 0 Å². The Morgan fingerprint density at radius 1 is 1.05 bits per heavy atom. The summed E-state index contributed by atoms with van der Waals surface area (Å²) in [5, 5.41) is 3.48. The lowest BCUT2D eigenvalue weighted by molar-refractivity contribution is 0.338. The van der Waals surface area contributed by atoms with Crippen LogP contribution in [0.3, 0.4) is 0 Å². The lowest BCUT2D eigenvalue weighted by atomic mass is 10.1. The molecule has 0 fully saturated rings. The van der Waals surface area contributed by atoms with E-state index >= 15 is 0 Å². The van der Waals surface area contributed by atoms with Crippen LogP contribution in [0.4, 0.5) is 8.78 Å². The van der Waals surface area contributed by atoms with Gasteiger partial charge >= 0.3 is 10.1 Å². The Morgan fingerprint density at radius 3 is 2.27 bits per heavy atom. The predicted molar refractivity (Wildman–Crippen MR) is 78.0 cm³/mol. The minimum absolute atomic E-state index is 0.0417. The number of aryl methyl sites for hydroxylation is 1. The summed E-state index contributed by atoms with van der Waals surface area (Å²) >= 11 is 0. The van der Waals surface area contributed by atoms with E-state index in [4.69, 9.17) is 0 Å². The number of halogens is 2. The summed E-state index contributed by atoms with van der Waals surface area (Å²) in [5.41, 5.74) is 1.23. The van der Waals surface area contributed by atoms with Crippen LogP contribution in [0.5, 0.6) is 0 Å². The van der Waals surface area contributed by atoms with Gasteiger partial charge in [-0.15, -0.1) is 0 Å². The normalized spacial score (nSPS) is 12.3. The van der Waals surface area contributed by atoms with Crippen LogP contribution in [0.15, 0.2) is 52.5 Å². The molecule has 2 aromatic carbocycles. The first-order valence-electron chi connectivity index (χ1n) is 6.30. The number of oxime groups is 1. The molecule has 0 saturated heterocycles. The average molecular weight is 325 g/mol. The number of benzene rings is 2. The molecule has 0 saturated carbocycles. The lowest BCUT2D eigenvalue weighted by Crippen LogP contribution is -2.05. The molecule has 0 aliphatic carbocycles. The van der Waals surface area contributed by atoms with Crippen LogP contribution >= 0.6 is 0 Å². The molecule has 7 heteroatoms. The highest BCUT2D eigenvalue weighted by Gasteiger charge is 2.15. The van der Waals surface area contributed by atoms with Crippen molar-refractivity contribution in [3.8, 4) is 0 Å². The van der Waals surface area contributed by atoms with Gasteiger partial charge in [-0.2, -0.15) is 8.42 Å². The van der Waals surface area contributed by atoms with E-state index in [9.17, 15) is 17.2 Å². The van der Waals surface area contributed by atoms with Gasteiger partial charge in [0.1, 0.15) is 4.90 Å². The molecule has 0 unspecified atom stereocenters. The molecule has 0 bridgehead atoms. The van der Waals surface area contributed by atoms with E-state index in [-0.39, 0.29) is 16.2 Å². The summed E-state index contributed by atoms with van der Waals surface area (Å²) in [7, 11) is -4.05. The molecule has 0 aliphatic heterocycles. The molecule has 0 aromatic heterocycles. The van der Waals surface area contributed by atoms with Gasteiger partial charge in [-0.05, 0) is 44.2 Å². The predicted octanol–water partition coefficient (Wildman–Crippen LogP) is 3.40. The van der Waals surface area contributed by atoms with Crippen molar-refractivity contribution >= 4 is 15.8 Å². The van der Waals surface area contributed by atoms with Crippen LogP contribution in [-0.4, -0.2) is 14.1 Å². The highest BCUT2D eigenvalue weighted by atomic mass is 32.2. The van der Waals surface area contributed by atoms with Crippen molar-refractivity contribution < 1.29 is 21.5 Å². The first kappa shape index (κ1) is 16.1. The molecule has 22 heavy (non-hydrogen) atoms. The second-order valence-corrected chi connectivity index (χ2v) is 6.18. The van der Waals surface area contributed by atoms with Crippen molar-refractivity contribution in [2.45, 2.75) is 18.7 Å². The fraction of sp³-hybridized carbons (Fsp3) is 0.133. The minimum Gasteiger partial charge on any atom is -0.265 e. The quantitative estimate of drug-likeness (QED) is 0.639. The van der Waals surface area contributed by atoms with Crippen molar-refractivity contribution in [1.82, 2.24) is 0 Å². The lowest BCUT2D eigenvalue weighted by Gasteiger charge is -2.04. The van der Waals surface area contributed by atoms with Crippen molar-refractivity contribution in [3.05, 3.63) is 65.2 Å². The fourth-order valence-corrected chi connectivity index (χ4v) is 2.39. The van der Waals surface area contributed by atoms with Gasteiger partial charge in [0.2, 0.25) is 0 Å². The molecule has 2 aromatic rings. The first-order valence-corrected chi connectivity index (χ1v) is 7.71. The van der Waals surface area contributed by atoms with Crippen LogP contribution in [0.1, 0.15) is 18.1 Å². The Kier molecular flexibility index (Phi) is 4.56. The SMILES string of the molecule is C/C(=N\OS(=O)(=O)c1ccc(C)cc1)c1ccc(F)c(F)c1. The van der Waals surface area contributed by atoms with E-state index in [1.807, 2.05) is 6.92 Å². The summed E-state index contributed by atoms with van der Waals surface area (Å²) in [5.74, 6) is -2.04. The number of hydrogen-bond acceptors (Lipinski definition) is 4. The summed E-state index contributed by atoms with van der Waals surface area (Å²) in [4.78, 5) is -0.0417. The van der Waals surface area contributed by atoms with Crippen molar-refractivity contribution in [3.63, 3.8) is 0 Å². The molecule has 0 atom stereocenters. The zero-order valence-electron chi connectivity index (χ0n) is 11.9. The minimum atomic E-state index is -4.05. The van der Waals surface area contributed by atoms with E-state index < -0.39 is 21.8 Å². The third-order valence-electron chi connectivity index (χ3n) is 2.92. The van der Waals surface area contributed by atoms with Gasteiger partial charge in [0.25, 0.3) is 0 Å². The maximum Gasteiger partial charge on any atom is 0.358 e. The van der Waals surface area contributed by atoms with Crippen LogP contribution in [-0.2, 0) is 14.4 Å². The van der Waals surface area contributed by atoms with Crippen molar-refractivity contribution in [2.75, 3.05) is 0 Å². The van der Waals surface area contributed by atoms with Gasteiger partial charge in [-0.25, -0.2) is 8.78 Å². The Balaban J connectivity index is 2.22. The molecule has 0 N–H and O–H groups in total. The standard InChI is InChI=1S/C15H13F2NO3S/c1-10-3-6-13(7-4-10)22(19,20)21-18-11(2)12-5-8-14(16)15(17)9-12/h3-9H,1-2H3/b18-11+. The van der Waals surface area contributed by atoms with E-state index in [1.165, 1.54) is 25.1 Å². The van der Waals surface area contributed by atoms with Gasteiger partial charge in [0, 0.05) is 5.56 Å². The Hall–Kier alpha value is -2.28. The smallest absolute Gasteiger partial charge is 0.265 e. The summed E-state index contributed by atoms with van der Waals surface area (Å²) in [6.07, 6.45) is 0. The molecule has 116 valence electrons. The third-order valence-corrected chi connectivity index (χ3v) is 4.04. The highest BCUT2D eigenvalue weighted by Crippen LogP contribution is 2.15. The molecule has 0 radical (unpaired) electrons. The van der Waals surface area contributed by atoms with Crippen LogP contribution < -0.4 is 0 Å². The number of rotatable bonds is 4. The van der Waals surface area contributed by atoms with Gasteiger partial charge in [0.15, 0.2) is 11.6 Å². The van der Waals surface area contributed by atoms with Gasteiger partial charge in [0.05, 0.1) is 5.71 Å². The molecule has 0 spiro atoms. The molecule has 2 rings (SSSR count). The van der Waals surface area contributed by atoms with Gasteiger partial charge in [-0.3, -0.25) is 4.28 Å². The summed E-state index contributed by atoms with van der Waals surface area (Å²) in [6.45, 7) is 3.25. The summed E-state index contributed by atoms with van der Waals surface area (Å²) in [6, 6.07) is 9.16.